The predicted octanol–water partition coefficient (Wildman–Crippen LogP) is 2.66. The van der Waals surface area contributed by atoms with Gasteiger partial charge in [-0.25, -0.2) is 0 Å². The fourth-order valence-corrected chi connectivity index (χ4v) is 1.44. The largest absolute Gasteiger partial charge is 0.460 e. The zero-order chi connectivity index (χ0) is 11.7. The van der Waals surface area contributed by atoms with Crippen molar-refractivity contribution in [1.29, 1.82) is 0 Å². The Morgan fingerprint density at radius 2 is 1.93 bits per heavy atom. The summed E-state index contributed by atoms with van der Waals surface area (Å²) in [6, 6.07) is 0. The number of carbonyl (C=O) groups is 1. The van der Waals surface area contributed by atoms with E-state index in [0.29, 0.717) is 12.8 Å². The zero-order valence-corrected chi connectivity index (χ0v) is 10.2. The molecule has 2 atom stereocenters. The van der Waals surface area contributed by atoms with Crippen LogP contribution in [0.5, 0.6) is 0 Å². The summed E-state index contributed by atoms with van der Waals surface area (Å²) in [6.07, 6.45) is 4.22. The molecule has 3 nitrogen and oxygen atoms in total. The molecule has 3 heteroatoms. The molecule has 0 aliphatic rings. The van der Waals surface area contributed by atoms with Gasteiger partial charge in [0.2, 0.25) is 0 Å². The van der Waals surface area contributed by atoms with Gasteiger partial charge in [-0.2, -0.15) is 0 Å². The van der Waals surface area contributed by atoms with Gasteiger partial charge < -0.3 is 9.84 Å². The summed E-state index contributed by atoms with van der Waals surface area (Å²) in [7, 11) is 0. The number of carbonyl (C=O) groups excluding carboxylic acids is 1. The fraction of sp³-hybridized carbons (Fsp3) is 0.917. The Morgan fingerprint density at radius 1 is 1.27 bits per heavy atom. The number of aliphatic hydroxyl groups excluding tert-OH is 1. The van der Waals surface area contributed by atoms with Crippen LogP contribution < -0.4 is 0 Å². The molecular formula is C12H24O3. The van der Waals surface area contributed by atoms with Crippen LogP contribution in [0.1, 0.15) is 59.3 Å². The van der Waals surface area contributed by atoms with Crippen molar-refractivity contribution in [3.05, 3.63) is 0 Å². The van der Waals surface area contributed by atoms with E-state index < -0.39 is 6.10 Å². The van der Waals surface area contributed by atoms with Crippen molar-refractivity contribution in [2.24, 2.45) is 0 Å². The lowest BCUT2D eigenvalue weighted by molar-refractivity contribution is -0.155. The maximum absolute atomic E-state index is 11.1. The van der Waals surface area contributed by atoms with E-state index in [9.17, 15) is 9.90 Å². The number of hydrogen-bond donors (Lipinski definition) is 1. The minimum absolute atomic E-state index is 0.219. The van der Waals surface area contributed by atoms with Crippen LogP contribution in [0.2, 0.25) is 0 Å². The third-order valence-electron chi connectivity index (χ3n) is 2.51. The molecule has 0 aromatic rings. The number of rotatable bonds is 8. The molecule has 2 unspecified atom stereocenters. The van der Waals surface area contributed by atoms with E-state index in [1.54, 1.807) is 6.92 Å². The van der Waals surface area contributed by atoms with Gasteiger partial charge in [0.1, 0.15) is 6.10 Å². The SMILES string of the molecule is CCCCCC(OC(=O)CC)C(O)CC. The van der Waals surface area contributed by atoms with Gasteiger partial charge >= 0.3 is 5.97 Å². The van der Waals surface area contributed by atoms with Crippen LogP contribution in [-0.2, 0) is 9.53 Å². The van der Waals surface area contributed by atoms with Crippen molar-refractivity contribution in [2.45, 2.75) is 71.5 Å². The first-order valence-corrected chi connectivity index (χ1v) is 6.03. The van der Waals surface area contributed by atoms with Gasteiger partial charge in [0.25, 0.3) is 0 Å². The fourth-order valence-electron chi connectivity index (χ4n) is 1.44. The molecule has 0 aliphatic carbocycles. The molecule has 0 saturated heterocycles. The van der Waals surface area contributed by atoms with Crippen LogP contribution in [0.3, 0.4) is 0 Å². The Bertz CT molecular complexity index is 168. The summed E-state index contributed by atoms with van der Waals surface area (Å²) < 4.78 is 5.21. The van der Waals surface area contributed by atoms with Gasteiger partial charge in [-0.1, -0.05) is 33.6 Å². The Labute approximate surface area is 92.8 Å². The summed E-state index contributed by atoms with van der Waals surface area (Å²) >= 11 is 0. The molecule has 0 amide bonds. The van der Waals surface area contributed by atoms with Gasteiger partial charge in [-0.3, -0.25) is 4.79 Å². The summed E-state index contributed by atoms with van der Waals surface area (Å²) in [4.78, 5) is 11.1. The lowest BCUT2D eigenvalue weighted by atomic mass is 10.0. The van der Waals surface area contributed by atoms with Crippen LogP contribution in [0.15, 0.2) is 0 Å². The summed E-state index contributed by atoms with van der Waals surface area (Å²) in [5, 5.41) is 9.68. The van der Waals surface area contributed by atoms with Gasteiger partial charge in [-0.05, 0) is 19.3 Å². The van der Waals surface area contributed by atoms with Crippen molar-refractivity contribution in [3.63, 3.8) is 0 Å². The maximum Gasteiger partial charge on any atom is 0.305 e. The van der Waals surface area contributed by atoms with Crippen molar-refractivity contribution in [3.8, 4) is 0 Å². The van der Waals surface area contributed by atoms with Crippen LogP contribution in [0, 0.1) is 0 Å². The Hall–Kier alpha value is -0.570. The van der Waals surface area contributed by atoms with Gasteiger partial charge in [0.05, 0.1) is 6.10 Å². The van der Waals surface area contributed by atoms with Gasteiger partial charge in [0, 0.05) is 6.42 Å². The van der Waals surface area contributed by atoms with E-state index in [0.717, 1.165) is 25.7 Å². The second-order valence-electron chi connectivity index (χ2n) is 3.85. The first kappa shape index (κ1) is 14.4. The van der Waals surface area contributed by atoms with Crippen LogP contribution in [0.4, 0.5) is 0 Å². The molecule has 0 rings (SSSR count). The molecule has 0 saturated carbocycles. The van der Waals surface area contributed by atoms with E-state index in [4.69, 9.17) is 4.74 Å². The molecule has 0 bridgehead atoms. The third-order valence-corrected chi connectivity index (χ3v) is 2.51. The van der Waals surface area contributed by atoms with Gasteiger partial charge in [-0.15, -0.1) is 0 Å². The molecule has 0 spiro atoms. The van der Waals surface area contributed by atoms with Gasteiger partial charge in [0.15, 0.2) is 0 Å². The zero-order valence-electron chi connectivity index (χ0n) is 10.2. The lowest BCUT2D eigenvalue weighted by Gasteiger charge is -2.22. The minimum atomic E-state index is -0.516. The summed E-state index contributed by atoms with van der Waals surface area (Å²) in [5.41, 5.74) is 0. The molecular weight excluding hydrogens is 192 g/mol. The summed E-state index contributed by atoms with van der Waals surface area (Å²) in [6.45, 7) is 5.80. The lowest BCUT2D eigenvalue weighted by Crippen LogP contribution is -2.30. The molecule has 0 fully saturated rings. The molecule has 0 aromatic heterocycles. The second kappa shape index (κ2) is 8.72. The molecule has 0 aliphatic heterocycles. The van der Waals surface area contributed by atoms with E-state index in [2.05, 4.69) is 6.92 Å². The summed E-state index contributed by atoms with van der Waals surface area (Å²) in [5.74, 6) is -0.219. The molecule has 90 valence electrons. The Balaban J connectivity index is 4.00. The first-order chi connectivity index (χ1) is 7.15. The quantitative estimate of drug-likeness (QED) is 0.501. The van der Waals surface area contributed by atoms with Crippen molar-refractivity contribution in [2.75, 3.05) is 0 Å². The monoisotopic (exact) mass is 216 g/mol. The molecule has 1 N–H and O–H groups in total. The number of ether oxygens (including phenoxy) is 1. The third kappa shape index (κ3) is 6.50. The Morgan fingerprint density at radius 3 is 2.40 bits per heavy atom. The van der Waals surface area contributed by atoms with E-state index in [1.165, 1.54) is 0 Å². The van der Waals surface area contributed by atoms with Crippen LogP contribution in [-0.4, -0.2) is 23.3 Å². The number of unbranched alkanes of at least 4 members (excludes halogenated alkanes) is 2. The van der Waals surface area contributed by atoms with Crippen molar-refractivity contribution >= 4 is 5.97 Å². The average Bonchev–Trinajstić information content (AvgIpc) is 2.26. The molecule has 0 aromatic carbocycles. The highest BCUT2D eigenvalue weighted by molar-refractivity contribution is 5.69. The highest BCUT2D eigenvalue weighted by Gasteiger charge is 2.20. The average molecular weight is 216 g/mol. The molecule has 0 radical (unpaired) electrons. The normalized spacial score (nSPS) is 14.7. The smallest absolute Gasteiger partial charge is 0.305 e. The first-order valence-electron chi connectivity index (χ1n) is 6.03. The molecule has 0 heterocycles. The standard InChI is InChI=1S/C12H24O3/c1-4-7-8-9-11(10(13)5-2)15-12(14)6-3/h10-11,13H,4-9H2,1-3H3. The predicted molar refractivity (Wildman–Crippen MR) is 60.6 cm³/mol. The minimum Gasteiger partial charge on any atom is -0.460 e. The highest BCUT2D eigenvalue weighted by atomic mass is 16.6. The maximum atomic E-state index is 11.1. The topological polar surface area (TPSA) is 46.5 Å². The number of esters is 1. The highest BCUT2D eigenvalue weighted by Crippen LogP contribution is 2.13. The van der Waals surface area contributed by atoms with Crippen molar-refractivity contribution in [1.82, 2.24) is 0 Å². The molecule has 15 heavy (non-hydrogen) atoms. The van der Waals surface area contributed by atoms with Crippen LogP contribution in [0.25, 0.3) is 0 Å². The number of aliphatic hydroxyl groups is 1. The van der Waals surface area contributed by atoms with E-state index >= 15 is 0 Å². The van der Waals surface area contributed by atoms with Crippen molar-refractivity contribution < 1.29 is 14.6 Å². The van der Waals surface area contributed by atoms with E-state index in [1.807, 2.05) is 6.92 Å². The van der Waals surface area contributed by atoms with Crippen LogP contribution >= 0.6 is 0 Å². The van der Waals surface area contributed by atoms with E-state index in [-0.39, 0.29) is 12.1 Å². The second-order valence-corrected chi connectivity index (χ2v) is 3.85. The Kier molecular flexibility index (Phi) is 8.38. The number of hydrogen-bond acceptors (Lipinski definition) is 3.